The molecule has 10 unspecified atom stereocenters. The lowest BCUT2D eigenvalue weighted by atomic mass is 9.43. The number of hydrogen-bond donors (Lipinski definition) is 4. The Morgan fingerprint density at radius 2 is 1.57 bits per heavy atom. The van der Waals surface area contributed by atoms with E-state index in [2.05, 4.69) is 19.2 Å². The van der Waals surface area contributed by atoms with Crippen LogP contribution in [0.4, 0.5) is 0 Å². The molecule has 0 aromatic heterocycles. The fraction of sp³-hybridized carbons (Fsp3) is 0.962. The molecule has 4 aliphatic carbocycles. The molecule has 0 spiro atoms. The highest BCUT2D eigenvalue weighted by Gasteiger charge is 2.65. The normalized spacial score (nSPS) is 39.5. The van der Waals surface area contributed by atoms with Crippen LogP contribution in [0.3, 0.4) is 0 Å². The highest BCUT2D eigenvalue weighted by atomic mass is 32.3. The summed E-state index contributed by atoms with van der Waals surface area (Å²) in [6.45, 7) is 6.07. The molecule has 244 valence electrons. The second-order valence-corrected chi connectivity index (χ2v) is 17.2. The largest absolute Gasteiger partial charge is 0.397 e. The maximum atomic E-state index is 12.3. The van der Waals surface area contributed by atoms with Crippen molar-refractivity contribution in [1.29, 1.82) is 0 Å². The summed E-state index contributed by atoms with van der Waals surface area (Å²) in [5, 5.41) is 2.50. The molecule has 0 heterocycles. The van der Waals surface area contributed by atoms with Gasteiger partial charge in [0.15, 0.2) is 0 Å². The molecule has 4 N–H and O–H groups in total. The monoisotopic (exact) mass is 659 g/mol. The van der Waals surface area contributed by atoms with E-state index in [1.165, 1.54) is 0 Å². The molecule has 4 saturated carbocycles. The number of fused-ring (bicyclic) bond motifs is 5. The quantitative estimate of drug-likeness (QED) is 0.236. The molecule has 42 heavy (non-hydrogen) atoms. The molecule has 0 aliphatic heterocycles. The molecule has 0 aromatic rings. The first-order valence-electron chi connectivity index (χ1n) is 14.8. The average molecular weight is 660 g/mol. The van der Waals surface area contributed by atoms with Gasteiger partial charge in [0, 0.05) is 18.4 Å². The molecule has 13 nitrogen and oxygen atoms in total. The number of rotatable bonds is 11. The van der Waals surface area contributed by atoms with Crippen LogP contribution in [0.1, 0.15) is 85.0 Å². The number of hydrogen-bond acceptors (Lipinski definition) is 9. The molecule has 4 aliphatic rings. The van der Waals surface area contributed by atoms with Crippen LogP contribution < -0.4 is 5.32 Å². The zero-order valence-electron chi connectivity index (χ0n) is 24.3. The van der Waals surface area contributed by atoms with E-state index in [1.54, 1.807) is 0 Å². The zero-order valence-corrected chi connectivity index (χ0v) is 26.8. The molecule has 10 atom stereocenters. The van der Waals surface area contributed by atoms with E-state index in [-0.39, 0.29) is 59.8 Å². The Morgan fingerprint density at radius 3 is 2.19 bits per heavy atom. The summed E-state index contributed by atoms with van der Waals surface area (Å²) in [5.41, 5.74) is -0.791. The van der Waals surface area contributed by atoms with E-state index in [0.29, 0.717) is 32.1 Å². The topological polar surface area (TPSA) is 211 Å². The fourth-order valence-electron chi connectivity index (χ4n) is 9.63. The molecule has 4 fully saturated rings. The standard InChI is InChI=1S/C26H45NO12S3/c1-16(4-9-24(28)27-12-13-40(29,30)31)20-7-8-21-19-6-5-17-14-18(38-41(32,33)34)10-11-25(17,2)22(19)15-23(26(20,21)3)39-42(35,36)37/h16-23H,4-15H2,1-3H3,(H,27,28)(H,29,30,31)(H,32,33,34)(H,35,36,37). The molecule has 16 heteroatoms. The maximum absolute atomic E-state index is 12.3. The van der Waals surface area contributed by atoms with Crippen LogP contribution in [-0.4, -0.2) is 69.3 Å². The van der Waals surface area contributed by atoms with Gasteiger partial charge in [0.1, 0.15) is 0 Å². The van der Waals surface area contributed by atoms with E-state index in [1.807, 2.05) is 6.92 Å². The van der Waals surface area contributed by atoms with Gasteiger partial charge < -0.3 is 5.32 Å². The Bertz CT molecular complexity index is 1340. The van der Waals surface area contributed by atoms with Crippen molar-refractivity contribution in [2.45, 2.75) is 97.2 Å². The third-order valence-electron chi connectivity index (χ3n) is 11.5. The summed E-state index contributed by atoms with van der Waals surface area (Å²) in [6, 6.07) is 0. The van der Waals surface area contributed by atoms with Crippen LogP contribution in [0.25, 0.3) is 0 Å². The van der Waals surface area contributed by atoms with Gasteiger partial charge in [-0.05, 0) is 98.7 Å². The molecular weight excluding hydrogens is 614 g/mol. The van der Waals surface area contributed by atoms with E-state index in [4.69, 9.17) is 12.9 Å². The lowest BCUT2D eigenvalue weighted by Crippen LogP contribution is -2.59. The predicted octanol–water partition coefficient (Wildman–Crippen LogP) is 3.05. The molecule has 0 bridgehead atoms. The molecular formula is C26H45NO12S3. The van der Waals surface area contributed by atoms with Gasteiger partial charge >= 0.3 is 20.8 Å². The smallest absolute Gasteiger partial charge is 0.355 e. The van der Waals surface area contributed by atoms with Crippen molar-refractivity contribution in [3.05, 3.63) is 0 Å². The highest BCUT2D eigenvalue weighted by Crippen LogP contribution is 2.69. The van der Waals surface area contributed by atoms with Crippen LogP contribution in [0.5, 0.6) is 0 Å². The second-order valence-electron chi connectivity index (χ2n) is 13.5. The number of carbonyl (C=O) groups is 1. The van der Waals surface area contributed by atoms with Crippen LogP contribution >= 0.6 is 0 Å². The van der Waals surface area contributed by atoms with Crippen molar-refractivity contribution in [3.63, 3.8) is 0 Å². The summed E-state index contributed by atoms with van der Waals surface area (Å²) in [4.78, 5) is 12.3. The maximum Gasteiger partial charge on any atom is 0.397 e. The molecule has 0 radical (unpaired) electrons. The second kappa shape index (κ2) is 12.1. The third kappa shape index (κ3) is 7.49. The first-order valence-corrected chi connectivity index (χ1v) is 19.1. The van der Waals surface area contributed by atoms with Gasteiger partial charge in [-0.2, -0.15) is 25.3 Å². The Labute approximate surface area is 249 Å². The van der Waals surface area contributed by atoms with E-state index in [0.717, 1.165) is 25.7 Å². The van der Waals surface area contributed by atoms with Gasteiger partial charge in [-0.1, -0.05) is 20.8 Å². The fourth-order valence-corrected chi connectivity index (χ4v) is 11.1. The van der Waals surface area contributed by atoms with Gasteiger partial charge in [0.2, 0.25) is 5.91 Å². The van der Waals surface area contributed by atoms with Gasteiger partial charge in [0.05, 0.1) is 18.0 Å². The van der Waals surface area contributed by atoms with Crippen molar-refractivity contribution in [2.75, 3.05) is 12.3 Å². The molecule has 1 amide bonds. The highest BCUT2D eigenvalue weighted by molar-refractivity contribution is 7.85. The molecule has 4 rings (SSSR count). The van der Waals surface area contributed by atoms with Crippen molar-refractivity contribution in [2.24, 2.45) is 46.3 Å². The SMILES string of the molecule is CC(CCC(=O)NCCS(=O)(=O)O)C1CCC2C3CCC4CC(OS(=O)(=O)O)CCC4(C)C3CC(OS(=O)(=O)O)C12C. The zero-order chi connectivity index (χ0) is 31.3. The first-order chi connectivity index (χ1) is 19.2. The van der Waals surface area contributed by atoms with Gasteiger partial charge in [0.25, 0.3) is 10.1 Å². The number of nitrogens with one attached hydrogen (secondary N) is 1. The summed E-state index contributed by atoms with van der Waals surface area (Å²) < 4.78 is 107. The Morgan fingerprint density at radius 1 is 0.905 bits per heavy atom. The minimum absolute atomic E-state index is 0.0105. The van der Waals surface area contributed by atoms with E-state index < -0.39 is 54.3 Å². The first kappa shape index (κ1) is 34.0. The van der Waals surface area contributed by atoms with Gasteiger partial charge in [-0.3, -0.25) is 18.5 Å². The average Bonchev–Trinajstić information content (AvgIpc) is 3.19. The van der Waals surface area contributed by atoms with Crippen molar-refractivity contribution in [1.82, 2.24) is 5.32 Å². The van der Waals surface area contributed by atoms with Crippen molar-refractivity contribution in [3.8, 4) is 0 Å². The Balaban J connectivity index is 1.51. The summed E-state index contributed by atoms with van der Waals surface area (Å²) in [7, 11) is -13.5. The van der Waals surface area contributed by atoms with Crippen molar-refractivity contribution >= 4 is 36.8 Å². The van der Waals surface area contributed by atoms with Crippen LogP contribution in [-0.2, 0) is 44.1 Å². The predicted molar refractivity (Wildman–Crippen MR) is 151 cm³/mol. The number of carbonyl (C=O) groups excluding carboxylic acids is 1. The summed E-state index contributed by atoms with van der Waals surface area (Å²) in [6.07, 6.45) is 4.70. The van der Waals surface area contributed by atoms with Gasteiger partial charge in [-0.25, -0.2) is 8.37 Å². The van der Waals surface area contributed by atoms with Crippen LogP contribution in [0.2, 0.25) is 0 Å². The Kier molecular flexibility index (Phi) is 9.83. The Hall–Kier alpha value is -0.880. The van der Waals surface area contributed by atoms with Crippen molar-refractivity contribution < 1.29 is 52.1 Å². The third-order valence-corrected chi connectivity index (χ3v) is 13.2. The summed E-state index contributed by atoms with van der Waals surface area (Å²) >= 11 is 0. The van der Waals surface area contributed by atoms with E-state index in [9.17, 15) is 39.2 Å². The minimum Gasteiger partial charge on any atom is -0.355 e. The molecule has 0 aromatic carbocycles. The van der Waals surface area contributed by atoms with Crippen LogP contribution in [0, 0.1) is 46.3 Å². The summed E-state index contributed by atoms with van der Waals surface area (Å²) in [5.74, 6) is -0.232. The van der Waals surface area contributed by atoms with Gasteiger partial charge in [-0.15, -0.1) is 0 Å². The minimum atomic E-state index is -4.76. The lowest BCUT2D eigenvalue weighted by Gasteiger charge is -2.62. The number of amides is 1. The molecule has 0 saturated heterocycles. The van der Waals surface area contributed by atoms with E-state index >= 15 is 0 Å². The lowest BCUT2D eigenvalue weighted by molar-refractivity contribution is -0.167. The van der Waals surface area contributed by atoms with Crippen LogP contribution in [0.15, 0.2) is 0 Å².